The molecule has 0 saturated carbocycles. The summed E-state index contributed by atoms with van der Waals surface area (Å²) in [5.41, 5.74) is 1.12. The van der Waals surface area contributed by atoms with Gasteiger partial charge in [-0.3, -0.25) is 0 Å². The van der Waals surface area contributed by atoms with Gasteiger partial charge in [0.05, 0.1) is 0 Å². The molecule has 0 bridgehead atoms. The SMILES string of the molecule is CC(C)NC1CCN(c2ccc(F)cc2)C1. The van der Waals surface area contributed by atoms with Crippen molar-refractivity contribution < 1.29 is 4.39 Å². The van der Waals surface area contributed by atoms with E-state index in [1.165, 1.54) is 12.1 Å². The van der Waals surface area contributed by atoms with Crippen LogP contribution in [0, 0.1) is 5.82 Å². The molecule has 0 amide bonds. The van der Waals surface area contributed by atoms with Crippen molar-refractivity contribution in [3.8, 4) is 0 Å². The number of benzene rings is 1. The fraction of sp³-hybridized carbons (Fsp3) is 0.538. The first-order valence-corrected chi connectivity index (χ1v) is 5.91. The first kappa shape index (κ1) is 11.4. The van der Waals surface area contributed by atoms with Gasteiger partial charge in [0.25, 0.3) is 0 Å². The van der Waals surface area contributed by atoms with Crippen LogP contribution < -0.4 is 10.2 Å². The number of halogens is 1. The highest BCUT2D eigenvalue weighted by atomic mass is 19.1. The Morgan fingerprint density at radius 3 is 2.62 bits per heavy atom. The van der Waals surface area contributed by atoms with E-state index in [0.717, 1.165) is 25.2 Å². The third-order valence-corrected chi connectivity index (χ3v) is 2.95. The molecule has 0 radical (unpaired) electrons. The van der Waals surface area contributed by atoms with Crippen molar-refractivity contribution in [2.24, 2.45) is 0 Å². The third-order valence-electron chi connectivity index (χ3n) is 2.95. The molecule has 1 aliphatic rings. The predicted octanol–water partition coefficient (Wildman–Crippen LogP) is 2.40. The third kappa shape index (κ3) is 2.73. The van der Waals surface area contributed by atoms with E-state index in [1.54, 1.807) is 0 Å². The minimum atomic E-state index is -0.167. The average Bonchev–Trinajstić information content (AvgIpc) is 2.66. The summed E-state index contributed by atoms with van der Waals surface area (Å²) in [7, 11) is 0. The van der Waals surface area contributed by atoms with Crippen molar-refractivity contribution in [3.05, 3.63) is 30.1 Å². The quantitative estimate of drug-likeness (QED) is 0.845. The van der Waals surface area contributed by atoms with E-state index in [4.69, 9.17) is 0 Å². The van der Waals surface area contributed by atoms with Crippen LogP contribution in [-0.2, 0) is 0 Å². The van der Waals surface area contributed by atoms with Crippen molar-refractivity contribution in [1.29, 1.82) is 0 Å². The lowest BCUT2D eigenvalue weighted by Crippen LogP contribution is -2.36. The van der Waals surface area contributed by atoms with Crippen LogP contribution in [-0.4, -0.2) is 25.2 Å². The Balaban J connectivity index is 1.95. The smallest absolute Gasteiger partial charge is 0.123 e. The van der Waals surface area contributed by atoms with Gasteiger partial charge in [0.1, 0.15) is 5.82 Å². The predicted molar refractivity (Wildman–Crippen MR) is 65.3 cm³/mol. The highest BCUT2D eigenvalue weighted by Crippen LogP contribution is 2.20. The van der Waals surface area contributed by atoms with E-state index in [2.05, 4.69) is 24.1 Å². The summed E-state index contributed by atoms with van der Waals surface area (Å²) in [4.78, 5) is 2.31. The van der Waals surface area contributed by atoms with Gasteiger partial charge in [-0.2, -0.15) is 0 Å². The van der Waals surface area contributed by atoms with E-state index >= 15 is 0 Å². The van der Waals surface area contributed by atoms with E-state index in [1.807, 2.05) is 12.1 Å². The van der Waals surface area contributed by atoms with Gasteiger partial charge in [-0.15, -0.1) is 0 Å². The summed E-state index contributed by atoms with van der Waals surface area (Å²) in [6, 6.07) is 7.85. The van der Waals surface area contributed by atoms with Crippen molar-refractivity contribution in [3.63, 3.8) is 0 Å². The zero-order valence-corrected chi connectivity index (χ0v) is 9.91. The molecule has 1 fully saturated rings. The number of anilines is 1. The molecule has 0 aliphatic carbocycles. The molecule has 1 aromatic carbocycles. The summed E-state index contributed by atoms with van der Waals surface area (Å²) in [5, 5.41) is 3.54. The molecule has 16 heavy (non-hydrogen) atoms. The van der Waals surface area contributed by atoms with Gasteiger partial charge in [-0.25, -0.2) is 4.39 Å². The lowest BCUT2D eigenvalue weighted by molar-refractivity contribution is 0.492. The molecule has 1 saturated heterocycles. The normalized spacial score (nSPS) is 20.8. The molecule has 1 unspecified atom stereocenters. The first-order chi connectivity index (χ1) is 7.65. The minimum absolute atomic E-state index is 0.167. The van der Waals surface area contributed by atoms with Crippen LogP contribution in [0.1, 0.15) is 20.3 Å². The molecule has 88 valence electrons. The Hall–Kier alpha value is -1.09. The van der Waals surface area contributed by atoms with Gasteiger partial charge in [-0.05, 0) is 30.7 Å². The van der Waals surface area contributed by atoms with Crippen LogP contribution in [0.5, 0.6) is 0 Å². The molecule has 1 heterocycles. The number of nitrogens with one attached hydrogen (secondary N) is 1. The lowest BCUT2D eigenvalue weighted by atomic mass is 10.2. The maximum atomic E-state index is 12.8. The summed E-state index contributed by atoms with van der Waals surface area (Å²) < 4.78 is 12.8. The Morgan fingerprint density at radius 2 is 2.00 bits per heavy atom. The van der Waals surface area contributed by atoms with Crippen molar-refractivity contribution in [1.82, 2.24) is 5.32 Å². The average molecular weight is 222 g/mol. The van der Waals surface area contributed by atoms with Crippen LogP contribution in [0.25, 0.3) is 0 Å². The Kier molecular flexibility index (Phi) is 3.44. The maximum Gasteiger partial charge on any atom is 0.123 e. The van der Waals surface area contributed by atoms with Crippen LogP contribution in [0.4, 0.5) is 10.1 Å². The molecular weight excluding hydrogens is 203 g/mol. The molecule has 0 aromatic heterocycles. The lowest BCUT2D eigenvalue weighted by Gasteiger charge is -2.20. The zero-order chi connectivity index (χ0) is 11.5. The number of rotatable bonds is 3. The summed E-state index contributed by atoms with van der Waals surface area (Å²) >= 11 is 0. The second-order valence-electron chi connectivity index (χ2n) is 4.73. The van der Waals surface area contributed by atoms with Crippen LogP contribution in [0.15, 0.2) is 24.3 Å². The largest absolute Gasteiger partial charge is 0.370 e. The summed E-state index contributed by atoms with van der Waals surface area (Å²) in [5.74, 6) is -0.167. The van der Waals surface area contributed by atoms with Gasteiger partial charge in [0.2, 0.25) is 0 Å². The number of hydrogen-bond donors (Lipinski definition) is 1. The van der Waals surface area contributed by atoms with Gasteiger partial charge in [-0.1, -0.05) is 13.8 Å². The molecule has 1 atom stereocenters. The second kappa shape index (κ2) is 4.83. The van der Waals surface area contributed by atoms with Gasteiger partial charge in [0, 0.05) is 30.9 Å². The van der Waals surface area contributed by atoms with E-state index in [0.29, 0.717) is 12.1 Å². The Labute approximate surface area is 96.5 Å². The summed E-state index contributed by atoms with van der Waals surface area (Å²) in [6.07, 6.45) is 1.16. The number of hydrogen-bond acceptors (Lipinski definition) is 2. The highest BCUT2D eigenvalue weighted by Gasteiger charge is 2.22. The Bertz CT molecular complexity index is 334. The fourth-order valence-electron chi connectivity index (χ4n) is 2.25. The molecule has 3 heteroatoms. The first-order valence-electron chi connectivity index (χ1n) is 5.91. The van der Waals surface area contributed by atoms with E-state index in [-0.39, 0.29) is 5.82 Å². The van der Waals surface area contributed by atoms with Gasteiger partial charge in [0.15, 0.2) is 0 Å². The van der Waals surface area contributed by atoms with Crippen molar-refractivity contribution in [2.45, 2.75) is 32.4 Å². The molecule has 1 aromatic rings. The molecule has 1 aliphatic heterocycles. The van der Waals surface area contributed by atoms with Crippen LogP contribution in [0.3, 0.4) is 0 Å². The molecular formula is C13H19FN2. The van der Waals surface area contributed by atoms with Gasteiger partial charge >= 0.3 is 0 Å². The van der Waals surface area contributed by atoms with Crippen LogP contribution >= 0.6 is 0 Å². The van der Waals surface area contributed by atoms with Gasteiger partial charge < -0.3 is 10.2 Å². The highest BCUT2D eigenvalue weighted by molar-refractivity contribution is 5.47. The van der Waals surface area contributed by atoms with Crippen LogP contribution in [0.2, 0.25) is 0 Å². The topological polar surface area (TPSA) is 15.3 Å². The molecule has 2 nitrogen and oxygen atoms in total. The molecule has 2 rings (SSSR count). The van der Waals surface area contributed by atoms with Crippen molar-refractivity contribution >= 4 is 5.69 Å². The zero-order valence-electron chi connectivity index (χ0n) is 9.91. The molecule has 1 N–H and O–H groups in total. The van der Waals surface area contributed by atoms with E-state index in [9.17, 15) is 4.39 Å². The standard InChI is InChI=1S/C13H19FN2/c1-10(2)15-12-7-8-16(9-12)13-5-3-11(14)4-6-13/h3-6,10,12,15H,7-9H2,1-2H3. The monoisotopic (exact) mass is 222 g/mol. The minimum Gasteiger partial charge on any atom is -0.370 e. The maximum absolute atomic E-state index is 12.8. The number of nitrogens with zero attached hydrogens (tertiary/aromatic N) is 1. The Morgan fingerprint density at radius 1 is 1.31 bits per heavy atom. The van der Waals surface area contributed by atoms with Crippen molar-refractivity contribution in [2.75, 3.05) is 18.0 Å². The van der Waals surface area contributed by atoms with E-state index < -0.39 is 0 Å². The molecule has 0 spiro atoms. The second-order valence-corrected chi connectivity index (χ2v) is 4.73. The fourth-order valence-corrected chi connectivity index (χ4v) is 2.25. The summed E-state index contributed by atoms with van der Waals surface area (Å²) in [6.45, 7) is 6.40.